The summed E-state index contributed by atoms with van der Waals surface area (Å²) in [7, 11) is 0. The maximum Gasteiger partial charge on any atom is 0.259 e. The van der Waals surface area contributed by atoms with Gasteiger partial charge in [-0.2, -0.15) is 5.10 Å². The number of hydrogen-bond acceptors (Lipinski definition) is 3. The van der Waals surface area contributed by atoms with Crippen molar-refractivity contribution in [2.24, 2.45) is 5.10 Å². The number of carbonyl (C=O) groups excluding carboxylic acids is 2. The minimum atomic E-state index is -0.313. The van der Waals surface area contributed by atoms with Crippen molar-refractivity contribution < 1.29 is 9.59 Å². The Morgan fingerprint density at radius 1 is 1.20 bits per heavy atom. The molecule has 1 fully saturated rings. The van der Waals surface area contributed by atoms with Crippen molar-refractivity contribution in [3.8, 4) is 0 Å². The number of rotatable bonds is 5. The molecule has 0 aliphatic carbocycles. The first-order valence-electron chi connectivity index (χ1n) is 8.02. The van der Waals surface area contributed by atoms with Crippen LogP contribution in [0.1, 0.15) is 23.5 Å². The molecule has 6 heteroatoms. The summed E-state index contributed by atoms with van der Waals surface area (Å²) in [4.78, 5) is 25.7. The second-order valence-electron chi connectivity index (χ2n) is 5.93. The molecule has 1 aliphatic rings. The summed E-state index contributed by atoms with van der Waals surface area (Å²) in [5.41, 5.74) is 4.40. The van der Waals surface area contributed by atoms with E-state index in [1.165, 1.54) is 6.21 Å². The Balaban J connectivity index is 1.51. The van der Waals surface area contributed by atoms with Crippen molar-refractivity contribution in [2.45, 2.75) is 12.3 Å². The van der Waals surface area contributed by atoms with Gasteiger partial charge < -0.3 is 4.90 Å². The fraction of sp³-hybridized carbons (Fsp3) is 0.211. The quantitative estimate of drug-likeness (QED) is 0.662. The molecular formula is C19H18ClN3O2. The molecule has 0 bridgehead atoms. The zero-order valence-electron chi connectivity index (χ0n) is 13.6. The van der Waals surface area contributed by atoms with E-state index in [9.17, 15) is 9.59 Å². The number of nitrogens with one attached hydrogen (secondary N) is 1. The van der Waals surface area contributed by atoms with E-state index >= 15 is 0 Å². The van der Waals surface area contributed by atoms with Crippen molar-refractivity contribution in [1.82, 2.24) is 10.3 Å². The zero-order chi connectivity index (χ0) is 17.6. The van der Waals surface area contributed by atoms with Crippen molar-refractivity contribution in [3.05, 3.63) is 70.7 Å². The molecule has 128 valence electrons. The van der Waals surface area contributed by atoms with Gasteiger partial charge in [0.2, 0.25) is 5.91 Å². The lowest BCUT2D eigenvalue weighted by Crippen LogP contribution is -2.36. The molecule has 2 aromatic rings. The Morgan fingerprint density at radius 3 is 2.64 bits per heavy atom. The third-order valence-corrected chi connectivity index (χ3v) is 4.34. The monoisotopic (exact) mass is 355 g/mol. The lowest BCUT2D eigenvalue weighted by molar-refractivity contribution is -0.133. The molecule has 2 aromatic carbocycles. The van der Waals surface area contributed by atoms with Gasteiger partial charge in [-0.1, -0.05) is 54.1 Å². The molecule has 1 aliphatic heterocycles. The van der Waals surface area contributed by atoms with E-state index in [-0.39, 0.29) is 24.3 Å². The predicted octanol–water partition coefficient (Wildman–Crippen LogP) is 2.81. The van der Waals surface area contributed by atoms with Crippen LogP contribution in [-0.2, 0) is 9.59 Å². The molecule has 3 rings (SSSR count). The lowest BCUT2D eigenvalue weighted by Gasteiger charge is -2.15. The van der Waals surface area contributed by atoms with Gasteiger partial charge in [-0.05, 0) is 23.3 Å². The van der Waals surface area contributed by atoms with E-state index in [0.717, 1.165) is 11.1 Å². The van der Waals surface area contributed by atoms with Crippen LogP contribution < -0.4 is 5.43 Å². The molecule has 2 amide bonds. The van der Waals surface area contributed by atoms with Gasteiger partial charge in [0.15, 0.2) is 0 Å². The summed E-state index contributed by atoms with van der Waals surface area (Å²) < 4.78 is 0. The third-order valence-electron chi connectivity index (χ3n) is 4.09. The Morgan fingerprint density at radius 2 is 1.92 bits per heavy atom. The van der Waals surface area contributed by atoms with Crippen LogP contribution in [0.25, 0.3) is 0 Å². The summed E-state index contributed by atoms with van der Waals surface area (Å²) in [5.74, 6) is -0.183. The molecule has 1 unspecified atom stereocenters. The standard InChI is InChI=1S/C19H18ClN3O2/c20-17-8-6-14(7-9-17)11-21-22-18(24)13-23-12-16(10-19(23)25)15-4-2-1-3-5-15/h1-9,11,16H,10,12-13H2,(H,22,24). The number of hydrazone groups is 1. The molecule has 1 saturated heterocycles. The van der Waals surface area contributed by atoms with E-state index in [1.54, 1.807) is 29.2 Å². The average molecular weight is 356 g/mol. The number of hydrogen-bond donors (Lipinski definition) is 1. The molecule has 0 radical (unpaired) electrons. The van der Waals surface area contributed by atoms with Crippen LogP contribution in [0.2, 0.25) is 5.02 Å². The first-order chi connectivity index (χ1) is 12.1. The van der Waals surface area contributed by atoms with Crippen LogP contribution in [0.3, 0.4) is 0 Å². The topological polar surface area (TPSA) is 61.8 Å². The van der Waals surface area contributed by atoms with Crippen molar-refractivity contribution in [1.29, 1.82) is 0 Å². The fourth-order valence-electron chi connectivity index (χ4n) is 2.81. The van der Waals surface area contributed by atoms with Gasteiger partial charge >= 0.3 is 0 Å². The maximum atomic E-state index is 12.1. The van der Waals surface area contributed by atoms with Crippen LogP contribution in [0.5, 0.6) is 0 Å². The molecule has 0 saturated carbocycles. The van der Waals surface area contributed by atoms with Gasteiger partial charge in [0.1, 0.15) is 6.54 Å². The summed E-state index contributed by atoms with van der Waals surface area (Å²) in [6.45, 7) is 0.567. The largest absolute Gasteiger partial charge is 0.333 e. The van der Waals surface area contributed by atoms with Crippen molar-refractivity contribution >= 4 is 29.6 Å². The maximum absolute atomic E-state index is 12.1. The first-order valence-corrected chi connectivity index (χ1v) is 8.40. The number of halogens is 1. The molecule has 25 heavy (non-hydrogen) atoms. The molecule has 1 N–H and O–H groups in total. The van der Waals surface area contributed by atoms with Crippen LogP contribution in [0.15, 0.2) is 59.7 Å². The van der Waals surface area contributed by atoms with E-state index in [1.807, 2.05) is 30.3 Å². The van der Waals surface area contributed by atoms with E-state index in [4.69, 9.17) is 11.6 Å². The summed E-state index contributed by atoms with van der Waals surface area (Å²) >= 11 is 5.81. The minimum absolute atomic E-state index is 0.00863. The molecule has 1 atom stereocenters. The second kappa shape index (κ2) is 7.94. The number of benzene rings is 2. The Kier molecular flexibility index (Phi) is 5.46. The van der Waals surface area contributed by atoms with Crippen LogP contribution in [-0.4, -0.2) is 36.0 Å². The van der Waals surface area contributed by atoms with Gasteiger partial charge in [-0.25, -0.2) is 5.43 Å². The average Bonchev–Trinajstić information content (AvgIpc) is 2.98. The summed E-state index contributed by atoms with van der Waals surface area (Å²) in [6.07, 6.45) is 1.97. The number of likely N-dealkylation sites (tertiary alicyclic amines) is 1. The molecule has 0 spiro atoms. The molecule has 0 aromatic heterocycles. The van der Waals surface area contributed by atoms with Crippen molar-refractivity contribution in [2.75, 3.05) is 13.1 Å². The van der Waals surface area contributed by atoms with Gasteiger partial charge in [-0.15, -0.1) is 0 Å². The fourth-order valence-corrected chi connectivity index (χ4v) is 2.94. The molecular weight excluding hydrogens is 338 g/mol. The third kappa shape index (κ3) is 4.67. The van der Waals surface area contributed by atoms with Crippen LogP contribution in [0.4, 0.5) is 0 Å². The Bertz CT molecular complexity index is 775. The van der Waals surface area contributed by atoms with E-state index < -0.39 is 0 Å². The lowest BCUT2D eigenvalue weighted by atomic mass is 9.99. The second-order valence-corrected chi connectivity index (χ2v) is 6.37. The summed E-state index contributed by atoms with van der Waals surface area (Å²) in [5, 5.41) is 4.55. The van der Waals surface area contributed by atoms with Crippen LogP contribution in [0, 0.1) is 0 Å². The van der Waals surface area contributed by atoms with E-state index in [0.29, 0.717) is 18.0 Å². The zero-order valence-corrected chi connectivity index (χ0v) is 14.3. The normalized spacial score (nSPS) is 17.2. The highest BCUT2D eigenvalue weighted by atomic mass is 35.5. The SMILES string of the molecule is O=C(CN1CC(c2ccccc2)CC1=O)NN=Cc1ccc(Cl)cc1. The van der Waals surface area contributed by atoms with Gasteiger partial charge in [0, 0.05) is 23.9 Å². The Hall–Kier alpha value is -2.66. The predicted molar refractivity (Wildman–Crippen MR) is 97.6 cm³/mol. The van der Waals surface area contributed by atoms with Crippen molar-refractivity contribution in [3.63, 3.8) is 0 Å². The van der Waals surface area contributed by atoms with Gasteiger partial charge in [0.05, 0.1) is 6.21 Å². The highest BCUT2D eigenvalue weighted by Crippen LogP contribution is 2.27. The Labute approximate surface area is 151 Å². The molecule has 1 heterocycles. The molecule has 5 nitrogen and oxygen atoms in total. The summed E-state index contributed by atoms with van der Waals surface area (Å²) in [6, 6.07) is 17.0. The van der Waals surface area contributed by atoms with Crippen LogP contribution >= 0.6 is 11.6 Å². The first kappa shape index (κ1) is 17.2. The smallest absolute Gasteiger partial charge is 0.259 e. The number of nitrogens with zero attached hydrogens (tertiary/aromatic N) is 2. The van der Waals surface area contributed by atoms with E-state index in [2.05, 4.69) is 10.5 Å². The number of amides is 2. The van der Waals surface area contributed by atoms with Gasteiger partial charge in [0.25, 0.3) is 5.91 Å². The highest BCUT2D eigenvalue weighted by Gasteiger charge is 2.31. The van der Waals surface area contributed by atoms with Gasteiger partial charge in [-0.3, -0.25) is 9.59 Å². The number of carbonyl (C=O) groups is 2. The highest BCUT2D eigenvalue weighted by molar-refractivity contribution is 6.30. The minimum Gasteiger partial charge on any atom is -0.333 e.